The second-order valence-electron chi connectivity index (χ2n) is 7.28. The quantitative estimate of drug-likeness (QED) is 0.218. The van der Waals surface area contributed by atoms with E-state index in [0.29, 0.717) is 25.8 Å². The van der Waals surface area contributed by atoms with E-state index in [4.69, 9.17) is 35.4 Å². The number of para-hydroxylation sites is 2. The van der Waals surface area contributed by atoms with E-state index in [1.807, 2.05) is 85.1 Å². The zero-order valence-electron chi connectivity index (χ0n) is 16.7. The van der Waals surface area contributed by atoms with E-state index in [9.17, 15) is 4.79 Å². The molecule has 7 heteroatoms. The van der Waals surface area contributed by atoms with E-state index in [0.717, 1.165) is 27.7 Å². The van der Waals surface area contributed by atoms with Crippen molar-refractivity contribution in [2.45, 2.75) is 6.54 Å². The molecule has 0 radical (unpaired) electrons. The third-order valence-corrected chi connectivity index (χ3v) is 7.31. The van der Waals surface area contributed by atoms with E-state index in [1.54, 1.807) is 4.90 Å². The molecule has 1 aliphatic rings. The molecule has 4 aromatic rings. The zero-order chi connectivity index (χ0) is 22.2. The minimum atomic E-state index is -0.114. The van der Waals surface area contributed by atoms with Gasteiger partial charge in [0.15, 0.2) is 4.32 Å². The molecule has 1 aliphatic heterocycles. The summed E-state index contributed by atoms with van der Waals surface area (Å²) in [4.78, 5) is 15.3. The summed E-state index contributed by atoms with van der Waals surface area (Å²) in [5.41, 5.74) is 3.61. The molecule has 1 amide bonds. The van der Waals surface area contributed by atoms with Crippen LogP contribution in [-0.4, -0.2) is 14.8 Å². The van der Waals surface area contributed by atoms with Gasteiger partial charge in [0, 0.05) is 38.3 Å². The van der Waals surface area contributed by atoms with Crippen LogP contribution in [0.3, 0.4) is 0 Å². The molecular formula is C25H16Cl2N2OS2. The van der Waals surface area contributed by atoms with Crippen LogP contribution in [-0.2, 0) is 11.3 Å². The fourth-order valence-electron chi connectivity index (χ4n) is 3.78. The van der Waals surface area contributed by atoms with Gasteiger partial charge in [0.05, 0.1) is 17.1 Å². The van der Waals surface area contributed by atoms with Gasteiger partial charge in [0.25, 0.3) is 5.91 Å². The maximum atomic E-state index is 13.2. The van der Waals surface area contributed by atoms with Gasteiger partial charge in [0.2, 0.25) is 0 Å². The van der Waals surface area contributed by atoms with E-state index in [1.165, 1.54) is 11.8 Å². The molecule has 0 unspecified atom stereocenters. The first kappa shape index (κ1) is 21.3. The number of carbonyl (C=O) groups is 1. The average molecular weight is 495 g/mol. The number of halogens is 2. The van der Waals surface area contributed by atoms with Gasteiger partial charge in [-0.2, -0.15) is 0 Å². The Morgan fingerprint density at radius 3 is 2.34 bits per heavy atom. The van der Waals surface area contributed by atoms with Crippen molar-refractivity contribution in [2.75, 3.05) is 4.90 Å². The highest BCUT2D eigenvalue weighted by molar-refractivity contribution is 8.27. The summed E-state index contributed by atoms with van der Waals surface area (Å²) < 4.78 is 2.63. The summed E-state index contributed by atoms with van der Waals surface area (Å²) in [6, 6.07) is 23.0. The fraction of sp³-hybridized carbons (Fsp3) is 0.0400. The number of rotatable bonds is 4. The number of anilines is 1. The third-order valence-electron chi connectivity index (χ3n) is 5.30. The van der Waals surface area contributed by atoms with Crippen molar-refractivity contribution in [1.82, 2.24) is 4.57 Å². The molecule has 0 aliphatic carbocycles. The summed E-state index contributed by atoms with van der Waals surface area (Å²) >= 11 is 19.6. The number of amides is 1. The van der Waals surface area contributed by atoms with E-state index >= 15 is 0 Å². The van der Waals surface area contributed by atoms with Crippen molar-refractivity contribution in [3.05, 3.63) is 105 Å². The lowest BCUT2D eigenvalue weighted by Gasteiger charge is -2.13. The van der Waals surface area contributed by atoms with Crippen molar-refractivity contribution < 1.29 is 4.79 Å². The molecule has 5 rings (SSSR count). The van der Waals surface area contributed by atoms with E-state index < -0.39 is 0 Å². The van der Waals surface area contributed by atoms with Gasteiger partial charge < -0.3 is 4.57 Å². The van der Waals surface area contributed by atoms with Gasteiger partial charge in [-0.3, -0.25) is 9.69 Å². The molecule has 1 aromatic heterocycles. The van der Waals surface area contributed by atoms with Crippen molar-refractivity contribution in [3.8, 4) is 0 Å². The second-order valence-corrected chi connectivity index (χ2v) is 9.77. The SMILES string of the molecule is O=C1/C(=C\c2cn(Cc3c(Cl)cccc3Cl)c3ccccc23)SC(=S)N1c1ccccc1. The first-order chi connectivity index (χ1) is 15.5. The maximum Gasteiger partial charge on any atom is 0.270 e. The van der Waals surface area contributed by atoms with Gasteiger partial charge in [0.1, 0.15) is 0 Å². The Hall–Kier alpha value is -2.57. The zero-order valence-corrected chi connectivity index (χ0v) is 19.8. The Morgan fingerprint density at radius 1 is 0.906 bits per heavy atom. The first-order valence-electron chi connectivity index (χ1n) is 9.86. The number of fused-ring (bicyclic) bond motifs is 1. The molecule has 0 saturated carbocycles. The predicted octanol–water partition coefficient (Wildman–Crippen LogP) is 7.40. The first-order valence-corrected chi connectivity index (χ1v) is 11.8. The highest BCUT2D eigenvalue weighted by Crippen LogP contribution is 2.37. The Bertz CT molecular complexity index is 1380. The number of carbonyl (C=O) groups excluding carboxylic acids is 1. The summed E-state index contributed by atoms with van der Waals surface area (Å²) in [6.45, 7) is 0.526. The van der Waals surface area contributed by atoms with Gasteiger partial charge in [-0.25, -0.2) is 0 Å². The van der Waals surface area contributed by atoms with Crippen molar-refractivity contribution in [2.24, 2.45) is 0 Å². The lowest BCUT2D eigenvalue weighted by Crippen LogP contribution is -2.27. The van der Waals surface area contributed by atoms with Gasteiger partial charge in [-0.15, -0.1) is 0 Å². The summed E-state index contributed by atoms with van der Waals surface area (Å²) in [5, 5.41) is 2.29. The van der Waals surface area contributed by atoms with E-state index in [-0.39, 0.29) is 5.91 Å². The Labute approximate surface area is 205 Å². The Kier molecular flexibility index (Phi) is 5.82. The fourth-order valence-corrected chi connectivity index (χ4v) is 5.59. The largest absolute Gasteiger partial charge is 0.342 e. The Balaban J connectivity index is 1.55. The molecule has 3 nitrogen and oxygen atoms in total. The smallest absolute Gasteiger partial charge is 0.270 e. The number of nitrogens with zero attached hydrogens (tertiary/aromatic N) is 2. The maximum absolute atomic E-state index is 13.2. The minimum absolute atomic E-state index is 0.114. The van der Waals surface area contributed by atoms with Crippen LogP contribution >= 0.6 is 47.2 Å². The van der Waals surface area contributed by atoms with Crippen LogP contribution in [0.1, 0.15) is 11.1 Å². The predicted molar refractivity (Wildman–Crippen MR) is 140 cm³/mol. The number of thiocarbonyl (C=S) groups is 1. The minimum Gasteiger partial charge on any atom is -0.342 e. The van der Waals surface area contributed by atoms with Crippen molar-refractivity contribution in [3.63, 3.8) is 0 Å². The molecule has 0 N–H and O–H groups in total. The number of hydrogen-bond donors (Lipinski definition) is 0. The highest BCUT2D eigenvalue weighted by atomic mass is 35.5. The third kappa shape index (κ3) is 3.86. The van der Waals surface area contributed by atoms with Crippen LogP contribution in [0.2, 0.25) is 10.0 Å². The lowest BCUT2D eigenvalue weighted by molar-refractivity contribution is -0.113. The molecule has 1 saturated heterocycles. The lowest BCUT2D eigenvalue weighted by atomic mass is 10.1. The number of benzene rings is 3. The normalized spacial score (nSPS) is 15.3. The van der Waals surface area contributed by atoms with E-state index in [2.05, 4.69) is 4.57 Å². The standard InChI is InChI=1S/C25H16Cl2N2OS2/c26-20-10-6-11-21(27)19(20)15-28-14-16(18-9-4-5-12-22(18)28)13-23-24(30)29(25(31)32-23)17-7-2-1-3-8-17/h1-14H,15H2/b23-13+. The topological polar surface area (TPSA) is 25.2 Å². The molecule has 2 heterocycles. The van der Waals surface area contributed by atoms with Gasteiger partial charge in [-0.1, -0.05) is 89.6 Å². The number of hydrogen-bond acceptors (Lipinski definition) is 3. The molecule has 0 spiro atoms. The average Bonchev–Trinajstić information content (AvgIpc) is 3.28. The number of thioether (sulfide) groups is 1. The second kappa shape index (κ2) is 8.75. The van der Waals surface area contributed by atoms with Crippen LogP contribution in [0, 0.1) is 0 Å². The molecule has 158 valence electrons. The molecule has 0 atom stereocenters. The molecule has 0 bridgehead atoms. The van der Waals surface area contributed by atoms with Gasteiger partial charge in [-0.05, 0) is 36.4 Å². The monoisotopic (exact) mass is 494 g/mol. The van der Waals surface area contributed by atoms with Crippen LogP contribution < -0.4 is 4.90 Å². The Morgan fingerprint density at radius 2 is 1.59 bits per heavy atom. The van der Waals surface area contributed by atoms with Crippen molar-refractivity contribution in [1.29, 1.82) is 0 Å². The summed E-state index contributed by atoms with van der Waals surface area (Å²) in [5.74, 6) is -0.114. The molecule has 3 aromatic carbocycles. The highest BCUT2D eigenvalue weighted by Gasteiger charge is 2.33. The van der Waals surface area contributed by atoms with Crippen LogP contribution in [0.25, 0.3) is 17.0 Å². The van der Waals surface area contributed by atoms with Crippen LogP contribution in [0.4, 0.5) is 5.69 Å². The van der Waals surface area contributed by atoms with Crippen LogP contribution in [0.5, 0.6) is 0 Å². The van der Waals surface area contributed by atoms with Crippen LogP contribution in [0.15, 0.2) is 83.9 Å². The molecule has 1 fully saturated rings. The summed E-state index contributed by atoms with van der Waals surface area (Å²) in [6.07, 6.45) is 3.94. The van der Waals surface area contributed by atoms with Crippen molar-refractivity contribution >= 4 is 80.1 Å². The number of aromatic nitrogens is 1. The molecular weight excluding hydrogens is 479 g/mol. The summed E-state index contributed by atoms with van der Waals surface area (Å²) in [7, 11) is 0. The molecule has 32 heavy (non-hydrogen) atoms. The van der Waals surface area contributed by atoms with Gasteiger partial charge >= 0.3 is 0 Å².